The first-order chi connectivity index (χ1) is 14.9. The number of ether oxygens (including phenoxy) is 2. The van der Waals surface area contributed by atoms with Crippen molar-refractivity contribution in [2.75, 3.05) is 12.9 Å². The highest BCUT2D eigenvalue weighted by Gasteiger charge is 2.17. The van der Waals surface area contributed by atoms with Gasteiger partial charge in [-0.15, -0.1) is 5.10 Å². The fourth-order valence-electron chi connectivity index (χ4n) is 2.54. The van der Waals surface area contributed by atoms with E-state index in [0.29, 0.717) is 16.6 Å². The van der Waals surface area contributed by atoms with Crippen LogP contribution >= 0.6 is 11.8 Å². The van der Waals surface area contributed by atoms with Gasteiger partial charge >= 0.3 is 6.61 Å². The number of carbonyl (C=O) groups excluding carboxylic acids is 2. The van der Waals surface area contributed by atoms with Crippen molar-refractivity contribution in [3.8, 4) is 17.2 Å². The van der Waals surface area contributed by atoms with Crippen molar-refractivity contribution < 1.29 is 27.8 Å². The standard InChI is InChI=1S/C19H17F2N5O4S/c1-11-3-8-15(29-2)14(9-11)26-19(23-24-25-26)31-10-16(27)22-17(28)12-4-6-13(7-5-12)30-18(20)21/h3-9,18H,10H2,1-2H3,(H,22,27,28). The van der Waals surface area contributed by atoms with Gasteiger partial charge < -0.3 is 9.47 Å². The summed E-state index contributed by atoms with van der Waals surface area (Å²) >= 11 is 1.03. The van der Waals surface area contributed by atoms with Crippen molar-refractivity contribution >= 4 is 23.6 Å². The molecule has 0 saturated carbocycles. The maximum atomic E-state index is 12.2. The number of hydrogen-bond acceptors (Lipinski definition) is 8. The highest BCUT2D eigenvalue weighted by atomic mass is 32.2. The molecule has 0 aliphatic heterocycles. The molecule has 0 spiro atoms. The van der Waals surface area contributed by atoms with E-state index in [4.69, 9.17) is 4.74 Å². The van der Waals surface area contributed by atoms with Crippen LogP contribution in [-0.4, -0.2) is 51.5 Å². The maximum Gasteiger partial charge on any atom is 0.387 e. The van der Waals surface area contributed by atoms with Crippen LogP contribution in [0.5, 0.6) is 11.5 Å². The zero-order valence-corrected chi connectivity index (χ0v) is 17.2. The molecule has 0 aliphatic rings. The molecule has 1 heterocycles. The number of alkyl halides is 2. The lowest BCUT2D eigenvalue weighted by molar-refractivity contribution is -0.117. The summed E-state index contributed by atoms with van der Waals surface area (Å²) in [6.45, 7) is -1.06. The summed E-state index contributed by atoms with van der Waals surface area (Å²) in [4.78, 5) is 24.3. The van der Waals surface area contributed by atoms with Crippen LogP contribution in [0.1, 0.15) is 15.9 Å². The van der Waals surface area contributed by atoms with Crippen LogP contribution in [0, 0.1) is 6.92 Å². The van der Waals surface area contributed by atoms with Crippen LogP contribution in [0.2, 0.25) is 0 Å². The van der Waals surface area contributed by atoms with Gasteiger partial charge in [0.15, 0.2) is 0 Å². The van der Waals surface area contributed by atoms with Crippen LogP contribution in [0.3, 0.4) is 0 Å². The van der Waals surface area contributed by atoms with Crippen LogP contribution in [0.25, 0.3) is 5.69 Å². The molecule has 3 aromatic rings. The monoisotopic (exact) mass is 449 g/mol. The number of nitrogens with zero attached hydrogens (tertiary/aromatic N) is 4. The third kappa shape index (κ3) is 5.75. The van der Waals surface area contributed by atoms with Gasteiger partial charge in [0.25, 0.3) is 5.91 Å². The van der Waals surface area contributed by atoms with Gasteiger partial charge in [0.1, 0.15) is 17.2 Å². The molecular weight excluding hydrogens is 432 g/mol. The topological polar surface area (TPSA) is 108 Å². The molecule has 2 aromatic carbocycles. The average Bonchev–Trinajstić information content (AvgIpc) is 3.20. The maximum absolute atomic E-state index is 12.2. The zero-order valence-electron chi connectivity index (χ0n) is 16.4. The summed E-state index contributed by atoms with van der Waals surface area (Å²) in [6, 6.07) is 10.5. The van der Waals surface area contributed by atoms with Crippen molar-refractivity contribution in [3.63, 3.8) is 0 Å². The summed E-state index contributed by atoms with van der Waals surface area (Å²) < 4.78 is 35.4. The molecular formula is C19H17F2N5O4S. The van der Waals surface area contributed by atoms with Crippen molar-refractivity contribution in [1.82, 2.24) is 25.5 Å². The summed E-state index contributed by atoms with van der Waals surface area (Å²) in [7, 11) is 1.52. The summed E-state index contributed by atoms with van der Waals surface area (Å²) in [5.74, 6) is -0.916. The molecule has 2 amide bonds. The number of thioether (sulfide) groups is 1. The van der Waals surface area contributed by atoms with Gasteiger partial charge in [-0.05, 0) is 59.3 Å². The van der Waals surface area contributed by atoms with E-state index in [-0.39, 0.29) is 17.1 Å². The lowest BCUT2D eigenvalue weighted by atomic mass is 10.2. The van der Waals surface area contributed by atoms with Gasteiger partial charge in [-0.3, -0.25) is 14.9 Å². The van der Waals surface area contributed by atoms with E-state index in [0.717, 1.165) is 17.3 Å². The van der Waals surface area contributed by atoms with Gasteiger partial charge in [0.05, 0.1) is 12.9 Å². The first kappa shape index (κ1) is 22.2. The number of benzene rings is 2. The Morgan fingerprint density at radius 3 is 2.61 bits per heavy atom. The van der Waals surface area contributed by atoms with Crippen LogP contribution in [0.4, 0.5) is 8.78 Å². The van der Waals surface area contributed by atoms with Gasteiger partial charge in [-0.2, -0.15) is 13.5 Å². The SMILES string of the molecule is COc1ccc(C)cc1-n1nnnc1SCC(=O)NC(=O)c1ccc(OC(F)F)cc1. The number of halogens is 2. The lowest BCUT2D eigenvalue weighted by Gasteiger charge is -2.10. The number of aryl methyl sites for hydroxylation is 1. The first-order valence-corrected chi connectivity index (χ1v) is 9.81. The number of rotatable bonds is 8. The number of amides is 2. The molecule has 1 N–H and O–H groups in total. The Hall–Kier alpha value is -3.54. The smallest absolute Gasteiger partial charge is 0.387 e. The van der Waals surface area contributed by atoms with E-state index < -0.39 is 18.4 Å². The molecule has 9 nitrogen and oxygen atoms in total. The van der Waals surface area contributed by atoms with E-state index in [1.807, 2.05) is 19.1 Å². The molecule has 162 valence electrons. The number of imide groups is 1. The molecule has 0 aliphatic carbocycles. The molecule has 0 unspecified atom stereocenters. The van der Waals surface area contributed by atoms with E-state index >= 15 is 0 Å². The van der Waals surface area contributed by atoms with E-state index in [1.165, 1.54) is 36.1 Å². The molecule has 0 bridgehead atoms. The third-order valence-electron chi connectivity index (χ3n) is 3.93. The molecule has 0 saturated heterocycles. The first-order valence-electron chi connectivity index (χ1n) is 8.82. The van der Waals surface area contributed by atoms with Crippen molar-refractivity contribution in [3.05, 3.63) is 53.6 Å². The second-order valence-electron chi connectivity index (χ2n) is 6.12. The van der Waals surface area contributed by atoms with E-state index in [9.17, 15) is 18.4 Å². The fourth-order valence-corrected chi connectivity index (χ4v) is 3.22. The number of nitrogens with one attached hydrogen (secondary N) is 1. The molecule has 0 atom stereocenters. The van der Waals surface area contributed by atoms with Gasteiger partial charge in [0.2, 0.25) is 11.1 Å². The largest absolute Gasteiger partial charge is 0.494 e. The van der Waals surface area contributed by atoms with Crippen molar-refractivity contribution in [2.24, 2.45) is 0 Å². The fraction of sp³-hybridized carbons (Fsp3) is 0.211. The minimum absolute atomic E-state index is 0.0909. The Morgan fingerprint density at radius 1 is 1.19 bits per heavy atom. The Kier molecular flexibility index (Phi) is 7.13. The second-order valence-corrected chi connectivity index (χ2v) is 7.06. The lowest BCUT2D eigenvalue weighted by Crippen LogP contribution is -2.31. The van der Waals surface area contributed by atoms with E-state index in [1.54, 1.807) is 6.07 Å². The Bertz CT molecular complexity index is 1080. The molecule has 31 heavy (non-hydrogen) atoms. The van der Waals surface area contributed by atoms with Crippen LogP contribution < -0.4 is 14.8 Å². The highest BCUT2D eigenvalue weighted by molar-refractivity contribution is 7.99. The average molecular weight is 449 g/mol. The van der Waals surface area contributed by atoms with Crippen LogP contribution in [-0.2, 0) is 4.79 Å². The van der Waals surface area contributed by atoms with Crippen LogP contribution in [0.15, 0.2) is 47.6 Å². The summed E-state index contributed by atoms with van der Waals surface area (Å²) in [5, 5.41) is 14.0. The normalized spacial score (nSPS) is 10.7. The number of hydrogen-bond donors (Lipinski definition) is 1. The number of methoxy groups -OCH3 is 1. The number of tetrazole rings is 1. The number of aromatic nitrogens is 4. The predicted molar refractivity (Wildman–Crippen MR) is 107 cm³/mol. The molecule has 0 radical (unpaired) electrons. The van der Waals surface area contributed by atoms with Crippen molar-refractivity contribution in [1.29, 1.82) is 0 Å². The van der Waals surface area contributed by atoms with E-state index in [2.05, 4.69) is 25.6 Å². The summed E-state index contributed by atoms with van der Waals surface area (Å²) in [5.41, 5.74) is 1.70. The second kappa shape index (κ2) is 9.98. The Morgan fingerprint density at radius 2 is 1.94 bits per heavy atom. The van der Waals surface area contributed by atoms with Gasteiger partial charge in [0, 0.05) is 5.56 Å². The zero-order chi connectivity index (χ0) is 22.4. The van der Waals surface area contributed by atoms with Gasteiger partial charge in [-0.1, -0.05) is 17.8 Å². The molecule has 3 rings (SSSR count). The van der Waals surface area contributed by atoms with Crippen molar-refractivity contribution in [2.45, 2.75) is 18.7 Å². The minimum Gasteiger partial charge on any atom is -0.494 e. The summed E-state index contributed by atoms with van der Waals surface area (Å²) in [6.07, 6.45) is 0. The van der Waals surface area contributed by atoms with Gasteiger partial charge in [-0.25, -0.2) is 0 Å². The Balaban J connectivity index is 1.62. The highest BCUT2D eigenvalue weighted by Crippen LogP contribution is 2.26. The molecule has 0 fully saturated rings. The third-order valence-corrected chi connectivity index (χ3v) is 4.85. The number of carbonyl (C=O) groups is 2. The molecule has 12 heteroatoms. The quantitative estimate of drug-likeness (QED) is 0.523. The Labute approximate surface area is 179 Å². The predicted octanol–water partition coefficient (Wildman–Crippen LogP) is 2.63. The molecule has 1 aromatic heterocycles. The minimum atomic E-state index is -2.96.